The molecule has 1 aliphatic heterocycles. The molecule has 50 valence electrons. The predicted octanol–water partition coefficient (Wildman–Crippen LogP) is -1.41. The molecule has 0 aromatic rings. The highest BCUT2D eigenvalue weighted by Gasteiger charge is 2.21. The van der Waals surface area contributed by atoms with Crippen LogP contribution in [-0.2, 0) is 4.79 Å². The van der Waals surface area contributed by atoms with Crippen molar-refractivity contribution < 1.29 is 4.79 Å². The summed E-state index contributed by atoms with van der Waals surface area (Å²) in [4.78, 5) is 12.3. The first-order chi connectivity index (χ1) is 4.20. The second-order valence-corrected chi connectivity index (χ2v) is 1.97. The molecule has 1 rings (SSSR count). The van der Waals surface area contributed by atoms with Gasteiger partial charge in [0.1, 0.15) is 0 Å². The zero-order chi connectivity index (χ0) is 6.85. The van der Waals surface area contributed by atoms with Gasteiger partial charge in [-0.1, -0.05) is 0 Å². The van der Waals surface area contributed by atoms with E-state index in [-0.39, 0.29) is 11.7 Å². The number of rotatable bonds is 1. The number of hydrogen-bond acceptors (Lipinski definition) is 3. The van der Waals surface area contributed by atoms with Gasteiger partial charge in [-0.25, -0.2) is 0 Å². The number of nitrogens with zero attached hydrogens (tertiary/aromatic N) is 1. The van der Waals surface area contributed by atoms with Gasteiger partial charge in [-0.2, -0.15) is 0 Å². The monoisotopic (exact) mass is 127 g/mol. The maximum atomic E-state index is 10.7. The van der Waals surface area contributed by atoms with Crippen LogP contribution in [0.4, 0.5) is 0 Å². The number of carbonyl (C=O) groups excluding carboxylic acids is 1. The molecular formula is C5H9N3O. The van der Waals surface area contributed by atoms with Gasteiger partial charge in [-0.15, -0.1) is 0 Å². The molecular weight excluding hydrogens is 118 g/mol. The molecule has 0 spiro atoms. The molecule has 0 aromatic carbocycles. The van der Waals surface area contributed by atoms with E-state index in [2.05, 4.69) is 0 Å². The molecule has 0 aliphatic carbocycles. The van der Waals surface area contributed by atoms with Crippen molar-refractivity contribution in [3.63, 3.8) is 0 Å². The lowest BCUT2D eigenvalue weighted by atomic mass is 10.5. The lowest BCUT2D eigenvalue weighted by Gasteiger charge is -1.92. The maximum Gasteiger partial charge on any atom is 0.250 e. The first-order valence-corrected chi connectivity index (χ1v) is 2.71. The fourth-order valence-electron chi connectivity index (χ4n) is 0.504. The molecule has 1 amide bonds. The molecule has 0 atom stereocenters. The highest BCUT2D eigenvalue weighted by atomic mass is 16.2. The van der Waals surface area contributed by atoms with Gasteiger partial charge in [-0.3, -0.25) is 4.79 Å². The second-order valence-electron chi connectivity index (χ2n) is 1.97. The Bertz CT molecular complexity index is 156. The lowest BCUT2D eigenvalue weighted by Crippen LogP contribution is -2.14. The van der Waals surface area contributed by atoms with Crippen LogP contribution in [0.15, 0.2) is 11.9 Å². The normalized spacial score (nSPS) is 14.9. The fraction of sp³-hybridized carbons (Fsp3) is 0.400. The average molecular weight is 127 g/mol. The van der Waals surface area contributed by atoms with E-state index in [1.54, 1.807) is 4.90 Å². The zero-order valence-corrected chi connectivity index (χ0v) is 5.00. The van der Waals surface area contributed by atoms with E-state index >= 15 is 0 Å². The van der Waals surface area contributed by atoms with Gasteiger partial charge in [-0.05, 0) is 0 Å². The van der Waals surface area contributed by atoms with Crippen molar-refractivity contribution in [3.8, 4) is 0 Å². The van der Waals surface area contributed by atoms with Gasteiger partial charge in [0.25, 0.3) is 0 Å². The summed E-state index contributed by atoms with van der Waals surface area (Å²) in [5, 5.41) is 0. The summed E-state index contributed by atoms with van der Waals surface area (Å²) in [6.07, 6.45) is 1.23. The maximum absolute atomic E-state index is 10.7. The van der Waals surface area contributed by atoms with E-state index in [4.69, 9.17) is 11.5 Å². The highest BCUT2D eigenvalue weighted by molar-refractivity contribution is 5.89. The Kier molecular flexibility index (Phi) is 1.30. The van der Waals surface area contributed by atoms with Gasteiger partial charge >= 0.3 is 0 Å². The predicted molar refractivity (Wildman–Crippen MR) is 33.0 cm³/mol. The first kappa shape index (κ1) is 5.94. The van der Waals surface area contributed by atoms with Crippen LogP contribution in [0, 0.1) is 0 Å². The van der Waals surface area contributed by atoms with Crippen LogP contribution >= 0.6 is 0 Å². The van der Waals surface area contributed by atoms with Crippen LogP contribution in [0.2, 0.25) is 0 Å². The molecule has 0 aromatic heterocycles. The minimum Gasteiger partial charge on any atom is -0.386 e. The zero-order valence-electron chi connectivity index (χ0n) is 5.00. The molecule has 4 heteroatoms. The molecule has 0 unspecified atom stereocenters. The summed E-state index contributed by atoms with van der Waals surface area (Å²) in [5.74, 6) is -0.0121. The largest absolute Gasteiger partial charge is 0.386 e. The molecule has 1 heterocycles. The Labute approximate surface area is 53.1 Å². The summed E-state index contributed by atoms with van der Waals surface area (Å²) in [6, 6.07) is 0. The van der Waals surface area contributed by atoms with Gasteiger partial charge in [0, 0.05) is 19.2 Å². The van der Waals surface area contributed by atoms with Crippen molar-refractivity contribution in [2.24, 2.45) is 11.5 Å². The van der Waals surface area contributed by atoms with Crippen LogP contribution in [0.25, 0.3) is 0 Å². The quantitative estimate of drug-likeness (QED) is 0.335. The van der Waals surface area contributed by atoms with Crippen LogP contribution < -0.4 is 11.5 Å². The summed E-state index contributed by atoms with van der Waals surface area (Å²) >= 11 is 0. The van der Waals surface area contributed by atoms with E-state index in [1.165, 1.54) is 6.08 Å². The van der Waals surface area contributed by atoms with E-state index in [0.717, 1.165) is 13.1 Å². The fourth-order valence-corrected chi connectivity index (χ4v) is 0.504. The van der Waals surface area contributed by atoms with Crippen molar-refractivity contribution in [3.05, 3.63) is 11.9 Å². The average Bonchev–Trinajstić information content (AvgIpc) is 2.40. The topological polar surface area (TPSA) is 72.1 Å². The van der Waals surface area contributed by atoms with Crippen molar-refractivity contribution in [1.29, 1.82) is 0 Å². The molecule has 0 bridgehead atoms. The molecule has 1 saturated heterocycles. The third-order valence-electron chi connectivity index (χ3n) is 1.05. The van der Waals surface area contributed by atoms with Crippen LogP contribution in [0.3, 0.4) is 0 Å². The van der Waals surface area contributed by atoms with E-state index in [1.807, 2.05) is 0 Å². The molecule has 9 heavy (non-hydrogen) atoms. The van der Waals surface area contributed by atoms with E-state index < -0.39 is 0 Å². The Morgan fingerprint density at radius 3 is 2.33 bits per heavy atom. The third-order valence-corrected chi connectivity index (χ3v) is 1.05. The molecule has 1 fully saturated rings. The van der Waals surface area contributed by atoms with Crippen LogP contribution in [0.1, 0.15) is 0 Å². The van der Waals surface area contributed by atoms with E-state index in [0.29, 0.717) is 0 Å². The number of hydrogen-bond donors (Lipinski definition) is 2. The molecule has 0 radical (unpaired) electrons. The number of nitrogens with two attached hydrogens (primary N) is 2. The Morgan fingerprint density at radius 2 is 2.00 bits per heavy atom. The lowest BCUT2D eigenvalue weighted by molar-refractivity contribution is -0.120. The van der Waals surface area contributed by atoms with Crippen LogP contribution in [0.5, 0.6) is 0 Å². The standard InChI is InChI=1S/C5H9N3O/c6-4(7)3-5(9)8-1-2-8/h3H,1-2,6-7H2. The molecule has 1 aliphatic rings. The van der Waals surface area contributed by atoms with Crippen LogP contribution in [-0.4, -0.2) is 23.9 Å². The Hall–Kier alpha value is -1.19. The van der Waals surface area contributed by atoms with E-state index in [9.17, 15) is 4.79 Å². The number of amides is 1. The molecule has 4 nitrogen and oxygen atoms in total. The van der Waals surface area contributed by atoms with Crippen molar-refractivity contribution >= 4 is 5.91 Å². The Balaban J connectivity index is 2.42. The summed E-state index contributed by atoms with van der Waals surface area (Å²) in [6.45, 7) is 1.67. The van der Waals surface area contributed by atoms with Gasteiger partial charge in [0.2, 0.25) is 5.91 Å². The van der Waals surface area contributed by atoms with Crippen molar-refractivity contribution in [2.75, 3.05) is 13.1 Å². The molecule has 0 saturated carbocycles. The minimum atomic E-state index is -0.0880. The summed E-state index contributed by atoms with van der Waals surface area (Å²) < 4.78 is 0. The van der Waals surface area contributed by atoms with Crippen molar-refractivity contribution in [1.82, 2.24) is 4.90 Å². The number of carbonyl (C=O) groups is 1. The summed E-state index contributed by atoms with van der Waals surface area (Å²) in [5.41, 5.74) is 10.1. The van der Waals surface area contributed by atoms with Crippen molar-refractivity contribution in [2.45, 2.75) is 0 Å². The van der Waals surface area contributed by atoms with Gasteiger partial charge in [0.15, 0.2) is 0 Å². The highest BCUT2D eigenvalue weighted by Crippen LogP contribution is 2.03. The summed E-state index contributed by atoms with van der Waals surface area (Å²) in [7, 11) is 0. The second kappa shape index (κ2) is 1.97. The third kappa shape index (κ3) is 1.64. The Morgan fingerprint density at radius 1 is 1.44 bits per heavy atom. The van der Waals surface area contributed by atoms with Gasteiger partial charge < -0.3 is 16.4 Å². The minimum absolute atomic E-state index is 0.0758. The SMILES string of the molecule is NC(N)=CC(=O)N1CC1. The van der Waals surface area contributed by atoms with Gasteiger partial charge in [0.05, 0.1) is 5.82 Å². The first-order valence-electron chi connectivity index (χ1n) is 2.71. The smallest absolute Gasteiger partial charge is 0.250 e. The molecule has 4 N–H and O–H groups in total.